The standard InChI is InChI=1S/C10H6F3NO4/c11-10(12,13)9(16)14-6-2-8-7(17-4-18-8)1-5(6)3-15/h1-3H,4H2,(H,14,16). The van der Waals surface area contributed by atoms with Crippen LogP contribution in [0.2, 0.25) is 0 Å². The van der Waals surface area contributed by atoms with E-state index in [2.05, 4.69) is 0 Å². The molecule has 96 valence electrons. The first-order valence-electron chi connectivity index (χ1n) is 4.69. The maximum atomic E-state index is 12.1. The molecule has 0 unspecified atom stereocenters. The van der Waals surface area contributed by atoms with Crippen LogP contribution in [0.25, 0.3) is 0 Å². The molecule has 1 heterocycles. The lowest BCUT2D eigenvalue weighted by molar-refractivity contribution is -0.167. The molecule has 0 saturated heterocycles. The first-order chi connectivity index (χ1) is 8.41. The van der Waals surface area contributed by atoms with E-state index in [9.17, 15) is 22.8 Å². The van der Waals surface area contributed by atoms with E-state index in [1.165, 1.54) is 6.07 Å². The molecule has 1 aromatic rings. The third-order valence-corrected chi connectivity index (χ3v) is 2.18. The monoisotopic (exact) mass is 261 g/mol. The minimum Gasteiger partial charge on any atom is -0.454 e. The third-order valence-electron chi connectivity index (χ3n) is 2.18. The highest BCUT2D eigenvalue weighted by Crippen LogP contribution is 2.36. The Bertz CT molecular complexity index is 513. The number of amides is 1. The quantitative estimate of drug-likeness (QED) is 0.823. The Morgan fingerprint density at radius 3 is 2.44 bits per heavy atom. The molecule has 0 aromatic heterocycles. The molecule has 0 fully saturated rings. The molecule has 18 heavy (non-hydrogen) atoms. The van der Waals surface area contributed by atoms with Gasteiger partial charge in [0.25, 0.3) is 0 Å². The molecule has 1 aliphatic rings. The molecule has 0 spiro atoms. The molecule has 1 aliphatic heterocycles. The van der Waals surface area contributed by atoms with E-state index in [0.29, 0.717) is 6.29 Å². The maximum Gasteiger partial charge on any atom is 0.471 e. The van der Waals surface area contributed by atoms with Gasteiger partial charge in [-0.3, -0.25) is 9.59 Å². The van der Waals surface area contributed by atoms with Crippen LogP contribution in [0.3, 0.4) is 0 Å². The molecule has 0 bridgehead atoms. The summed E-state index contributed by atoms with van der Waals surface area (Å²) in [6.45, 7) is -0.0930. The fourth-order valence-electron chi connectivity index (χ4n) is 1.36. The van der Waals surface area contributed by atoms with E-state index < -0.39 is 12.1 Å². The van der Waals surface area contributed by atoms with E-state index in [1.54, 1.807) is 5.32 Å². The fourth-order valence-corrected chi connectivity index (χ4v) is 1.36. The smallest absolute Gasteiger partial charge is 0.454 e. The van der Waals surface area contributed by atoms with Gasteiger partial charge in [0, 0.05) is 11.6 Å². The van der Waals surface area contributed by atoms with Gasteiger partial charge >= 0.3 is 12.1 Å². The highest BCUT2D eigenvalue weighted by atomic mass is 19.4. The largest absolute Gasteiger partial charge is 0.471 e. The summed E-state index contributed by atoms with van der Waals surface area (Å²) in [5, 5.41) is 1.60. The lowest BCUT2D eigenvalue weighted by Gasteiger charge is -2.10. The molecule has 0 atom stereocenters. The van der Waals surface area contributed by atoms with Crippen molar-refractivity contribution in [2.45, 2.75) is 6.18 Å². The molecule has 5 nitrogen and oxygen atoms in total. The van der Waals surface area contributed by atoms with Crippen LogP contribution in [-0.2, 0) is 4.79 Å². The summed E-state index contributed by atoms with van der Waals surface area (Å²) in [5.41, 5.74) is -0.409. The number of halogens is 3. The number of benzene rings is 1. The van der Waals surface area contributed by atoms with Crippen molar-refractivity contribution < 1.29 is 32.2 Å². The minimum atomic E-state index is -5.03. The Morgan fingerprint density at radius 1 is 1.28 bits per heavy atom. The molecule has 0 aliphatic carbocycles. The summed E-state index contributed by atoms with van der Waals surface area (Å²) in [6, 6.07) is 2.30. The first-order valence-corrected chi connectivity index (χ1v) is 4.69. The van der Waals surface area contributed by atoms with Gasteiger partial charge in [-0.15, -0.1) is 0 Å². The van der Waals surface area contributed by atoms with E-state index in [4.69, 9.17) is 9.47 Å². The summed E-state index contributed by atoms with van der Waals surface area (Å²) in [6.07, 6.45) is -4.72. The molecule has 1 amide bonds. The first kappa shape index (κ1) is 12.2. The number of ether oxygens (including phenoxy) is 2. The number of anilines is 1. The van der Waals surface area contributed by atoms with Crippen molar-refractivity contribution >= 4 is 17.9 Å². The van der Waals surface area contributed by atoms with Crippen molar-refractivity contribution in [1.82, 2.24) is 0 Å². The average Bonchev–Trinajstić information content (AvgIpc) is 2.73. The second-order valence-corrected chi connectivity index (χ2v) is 3.36. The molecule has 1 N–H and O–H groups in total. The highest BCUT2D eigenvalue weighted by Gasteiger charge is 2.39. The van der Waals surface area contributed by atoms with E-state index in [0.717, 1.165) is 6.07 Å². The summed E-state index contributed by atoms with van der Waals surface area (Å²) >= 11 is 0. The van der Waals surface area contributed by atoms with Crippen LogP contribution in [0, 0.1) is 0 Å². The van der Waals surface area contributed by atoms with Gasteiger partial charge in [-0.1, -0.05) is 0 Å². The number of carbonyl (C=O) groups is 2. The molecular formula is C10H6F3NO4. The third kappa shape index (κ3) is 2.22. The van der Waals surface area contributed by atoms with Gasteiger partial charge in [-0.2, -0.15) is 13.2 Å². The molecule has 2 rings (SSSR count). The number of hydrogen-bond donors (Lipinski definition) is 1. The number of rotatable bonds is 2. The van der Waals surface area contributed by atoms with Gasteiger partial charge in [0.1, 0.15) is 0 Å². The minimum absolute atomic E-state index is 0.0930. The van der Waals surface area contributed by atoms with Crippen molar-refractivity contribution in [3.8, 4) is 11.5 Å². The van der Waals surface area contributed by atoms with Gasteiger partial charge in [-0.25, -0.2) is 0 Å². The molecule has 0 radical (unpaired) electrons. The number of fused-ring (bicyclic) bond motifs is 1. The molecule has 0 saturated carbocycles. The van der Waals surface area contributed by atoms with Gasteiger partial charge in [0.05, 0.1) is 5.69 Å². The van der Waals surface area contributed by atoms with Gasteiger partial charge < -0.3 is 14.8 Å². The second kappa shape index (κ2) is 4.21. The summed E-state index contributed by atoms with van der Waals surface area (Å²) in [7, 11) is 0. The van der Waals surface area contributed by atoms with Crippen molar-refractivity contribution in [3.05, 3.63) is 17.7 Å². The van der Waals surface area contributed by atoms with Crippen LogP contribution in [0.4, 0.5) is 18.9 Å². The fraction of sp³-hybridized carbons (Fsp3) is 0.200. The van der Waals surface area contributed by atoms with E-state index in [1.807, 2.05) is 0 Å². The van der Waals surface area contributed by atoms with E-state index in [-0.39, 0.29) is 29.5 Å². The Balaban J connectivity index is 2.33. The van der Waals surface area contributed by atoms with Crippen molar-refractivity contribution in [2.24, 2.45) is 0 Å². The number of alkyl halides is 3. The van der Waals surface area contributed by atoms with Crippen LogP contribution in [0.15, 0.2) is 12.1 Å². The summed E-state index contributed by atoms with van der Waals surface area (Å²) in [5.74, 6) is -1.76. The number of aldehydes is 1. The summed E-state index contributed by atoms with van der Waals surface area (Å²) in [4.78, 5) is 21.5. The Labute approximate surface area is 98.5 Å². The highest BCUT2D eigenvalue weighted by molar-refractivity contribution is 5.99. The van der Waals surface area contributed by atoms with Crippen molar-refractivity contribution in [2.75, 3.05) is 12.1 Å². The lowest BCUT2D eigenvalue weighted by Crippen LogP contribution is -2.30. The van der Waals surface area contributed by atoms with Crippen LogP contribution < -0.4 is 14.8 Å². The average molecular weight is 261 g/mol. The van der Waals surface area contributed by atoms with Crippen LogP contribution >= 0.6 is 0 Å². The molecular weight excluding hydrogens is 255 g/mol. The normalized spacial score (nSPS) is 13.3. The Morgan fingerprint density at radius 2 is 1.89 bits per heavy atom. The Hall–Kier alpha value is -2.25. The molecule has 8 heteroatoms. The topological polar surface area (TPSA) is 64.6 Å². The number of hydrogen-bond acceptors (Lipinski definition) is 4. The Kier molecular flexibility index (Phi) is 2.85. The number of nitrogens with one attached hydrogen (secondary N) is 1. The lowest BCUT2D eigenvalue weighted by atomic mass is 10.1. The zero-order chi connectivity index (χ0) is 13.3. The predicted molar refractivity (Wildman–Crippen MR) is 52.6 cm³/mol. The van der Waals surface area contributed by atoms with Gasteiger partial charge in [0.15, 0.2) is 17.8 Å². The van der Waals surface area contributed by atoms with Gasteiger partial charge in [0.2, 0.25) is 6.79 Å². The predicted octanol–water partition coefficient (Wildman–Crippen LogP) is 1.73. The number of carbonyl (C=O) groups excluding carboxylic acids is 2. The SMILES string of the molecule is O=Cc1cc2c(cc1NC(=O)C(F)(F)F)OCO2. The zero-order valence-electron chi connectivity index (χ0n) is 8.71. The summed E-state index contributed by atoms with van der Waals surface area (Å²) < 4.78 is 46.2. The molecule has 1 aromatic carbocycles. The van der Waals surface area contributed by atoms with Crippen molar-refractivity contribution in [1.29, 1.82) is 0 Å². The van der Waals surface area contributed by atoms with E-state index >= 15 is 0 Å². The van der Waals surface area contributed by atoms with Crippen LogP contribution in [0.1, 0.15) is 10.4 Å². The van der Waals surface area contributed by atoms with Crippen molar-refractivity contribution in [3.63, 3.8) is 0 Å². The van der Waals surface area contributed by atoms with Gasteiger partial charge in [-0.05, 0) is 6.07 Å². The van der Waals surface area contributed by atoms with Crippen LogP contribution in [0.5, 0.6) is 11.5 Å². The zero-order valence-corrected chi connectivity index (χ0v) is 8.71. The second-order valence-electron chi connectivity index (χ2n) is 3.36. The maximum absolute atomic E-state index is 12.1. The van der Waals surface area contributed by atoms with Crippen LogP contribution in [-0.4, -0.2) is 25.2 Å².